The van der Waals surface area contributed by atoms with E-state index in [0.717, 1.165) is 11.3 Å². The minimum atomic E-state index is 0.0623. The van der Waals surface area contributed by atoms with Gasteiger partial charge in [-0.25, -0.2) is 9.97 Å². The van der Waals surface area contributed by atoms with Crippen LogP contribution in [0.1, 0.15) is 13.8 Å². The first kappa shape index (κ1) is 13.0. The summed E-state index contributed by atoms with van der Waals surface area (Å²) in [5.41, 5.74) is 0.885. The summed E-state index contributed by atoms with van der Waals surface area (Å²) in [5.74, 6) is 1.43. The van der Waals surface area contributed by atoms with E-state index in [0.29, 0.717) is 5.82 Å². The molecule has 1 aromatic heterocycles. The standard InChI is InChI=1S/C11H10N2O2.C2H6/c1-15-10-4-2-8(3-5-10)11-12-6-9(14)7-13-11;1-2/h2-7,14H,1H3;1-2H3. The molecule has 4 nitrogen and oxygen atoms in total. The van der Waals surface area contributed by atoms with Gasteiger partial charge < -0.3 is 9.84 Å². The summed E-state index contributed by atoms with van der Waals surface area (Å²) in [6.45, 7) is 4.00. The molecule has 0 unspecified atom stereocenters. The van der Waals surface area contributed by atoms with E-state index < -0.39 is 0 Å². The Morgan fingerprint density at radius 2 is 1.53 bits per heavy atom. The first-order valence-corrected chi connectivity index (χ1v) is 5.45. The molecule has 0 saturated heterocycles. The molecule has 1 aromatic carbocycles. The summed E-state index contributed by atoms with van der Waals surface area (Å²) in [5, 5.41) is 9.04. The van der Waals surface area contributed by atoms with Crippen LogP contribution in [0.15, 0.2) is 36.7 Å². The Hall–Kier alpha value is -2.10. The molecule has 4 heteroatoms. The summed E-state index contributed by atoms with van der Waals surface area (Å²) >= 11 is 0. The van der Waals surface area contributed by atoms with Gasteiger partial charge in [0.15, 0.2) is 11.6 Å². The van der Waals surface area contributed by atoms with Gasteiger partial charge >= 0.3 is 0 Å². The Bertz CT molecular complexity index is 438. The zero-order valence-electron chi connectivity index (χ0n) is 10.2. The number of hydrogen-bond acceptors (Lipinski definition) is 4. The Labute approximate surface area is 101 Å². The average Bonchev–Trinajstić information content (AvgIpc) is 2.42. The maximum atomic E-state index is 9.04. The van der Waals surface area contributed by atoms with Crippen molar-refractivity contribution in [1.82, 2.24) is 9.97 Å². The molecular weight excluding hydrogens is 216 g/mol. The zero-order valence-corrected chi connectivity index (χ0v) is 10.2. The van der Waals surface area contributed by atoms with Crippen molar-refractivity contribution in [2.24, 2.45) is 0 Å². The van der Waals surface area contributed by atoms with Gasteiger partial charge in [0.2, 0.25) is 0 Å². The number of aromatic hydroxyl groups is 1. The summed E-state index contributed by atoms with van der Waals surface area (Å²) in [4.78, 5) is 8.00. The molecule has 0 fully saturated rings. The largest absolute Gasteiger partial charge is 0.505 e. The van der Waals surface area contributed by atoms with E-state index in [4.69, 9.17) is 9.84 Å². The summed E-state index contributed by atoms with van der Waals surface area (Å²) in [6.07, 6.45) is 2.74. The lowest BCUT2D eigenvalue weighted by atomic mass is 10.2. The van der Waals surface area contributed by atoms with Crippen LogP contribution < -0.4 is 4.74 Å². The third-order valence-corrected chi connectivity index (χ3v) is 1.99. The van der Waals surface area contributed by atoms with Gasteiger partial charge in [0.1, 0.15) is 5.75 Å². The fourth-order valence-electron chi connectivity index (χ4n) is 1.21. The van der Waals surface area contributed by atoms with E-state index in [9.17, 15) is 0 Å². The molecule has 0 spiro atoms. The molecule has 0 aliphatic rings. The molecule has 1 N–H and O–H groups in total. The quantitative estimate of drug-likeness (QED) is 0.865. The van der Waals surface area contributed by atoms with Crippen LogP contribution in [0, 0.1) is 0 Å². The van der Waals surface area contributed by atoms with E-state index in [-0.39, 0.29) is 5.75 Å². The number of benzene rings is 1. The third kappa shape index (κ3) is 3.45. The summed E-state index contributed by atoms with van der Waals surface area (Å²) in [6, 6.07) is 7.41. The first-order valence-electron chi connectivity index (χ1n) is 5.45. The smallest absolute Gasteiger partial charge is 0.159 e. The fraction of sp³-hybridized carbons (Fsp3) is 0.231. The number of ether oxygens (including phenoxy) is 1. The highest BCUT2D eigenvalue weighted by Gasteiger charge is 2.00. The Morgan fingerprint density at radius 3 is 2.00 bits per heavy atom. The van der Waals surface area contributed by atoms with Crippen molar-refractivity contribution >= 4 is 0 Å². The van der Waals surface area contributed by atoms with Crippen LogP contribution in [0.25, 0.3) is 11.4 Å². The molecule has 0 saturated carbocycles. The topological polar surface area (TPSA) is 55.2 Å². The predicted molar refractivity (Wildman–Crippen MR) is 67.0 cm³/mol. The second-order valence-electron chi connectivity index (χ2n) is 2.99. The van der Waals surface area contributed by atoms with Crippen LogP contribution in [0.5, 0.6) is 11.5 Å². The molecule has 2 aromatic rings. The van der Waals surface area contributed by atoms with Gasteiger partial charge in [0, 0.05) is 5.56 Å². The average molecular weight is 232 g/mol. The van der Waals surface area contributed by atoms with Crippen molar-refractivity contribution in [3.8, 4) is 22.9 Å². The molecule has 0 radical (unpaired) electrons. The molecular formula is C13H16N2O2. The highest BCUT2D eigenvalue weighted by atomic mass is 16.5. The summed E-state index contributed by atoms with van der Waals surface area (Å²) in [7, 11) is 1.62. The number of hydrogen-bond donors (Lipinski definition) is 1. The number of aromatic nitrogens is 2. The lowest BCUT2D eigenvalue weighted by Gasteiger charge is -2.01. The van der Waals surface area contributed by atoms with E-state index in [2.05, 4.69) is 9.97 Å². The van der Waals surface area contributed by atoms with Crippen LogP contribution in [0.4, 0.5) is 0 Å². The van der Waals surface area contributed by atoms with Crippen molar-refractivity contribution < 1.29 is 9.84 Å². The molecule has 0 bridgehead atoms. The number of rotatable bonds is 2. The van der Waals surface area contributed by atoms with E-state index >= 15 is 0 Å². The van der Waals surface area contributed by atoms with Gasteiger partial charge in [0.25, 0.3) is 0 Å². The third-order valence-electron chi connectivity index (χ3n) is 1.99. The second-order valence-corrected chi connectivity index (χ2v) is 2.99. The van der Waals surface area contributed by atoms with Crippen molar-refractivity contribution in [2.75, 3.05) is 7.11 Å². The molecule has 0 aliphatic carbocycles. The predicted octanol–water partition coefficient (Wildman–Crippen LogP) is 2.88. The van der Waals surface area contributed by atoms with E-state index in [1.807, 2.05) is 38.1 Å². The van der Waals surface area contributed by atoms with E-state index in [1.165, 1.54) is 12.4 Å². The highest BCUT2D eigenvalue weighted by molar-refractivity contribution is 5.56. The van der Waals surface area contributed by atoms with Gasteiger partial charge in [0.05, 0.1) is 19.5 Å². The van der Waals surface area contributed by atoms with Crippen molar-refractivity contribution in [3.05, 3.63) is 36.7 Å². The Morgan fingerprint density at radius 1 is 1.00 bits per heavy atom. The van der Waals surface area contributed by atoms with E-state index in [1.54, 1.807) is 7.11 Å². The van der Waals surface area contributed by atoms with Crippen LogP contribution >= 0.6 is 0 Å². The van der Waals surface area contributed by atoms with Gasteiger partial charge in [-0.3, -0.25) is 0 Å². The fourth-order valence-corrected chi connectivity index (χ4v) is 1.21. The second kappa shape index (κ2) is 6.48. The lowest BCUT2D eigenvalue weighted by molar-refractivity contribution is 0.415. The maximum absolute atomic E-state index is 9.04. The van der Waals surface area contributed by atoms with Gasteiger partial charge in [-0.15, -0.1) is 0 Å². The molecule has 1 heterocycles. The molecule has 90 valence electrons. The van der Waals surface area contributed by atoms with Crippen LogP contribution in [0.3, 0.4) is 0 Å². The Kier molecular flexibility index (Phi) is 4.94. The van der Waals surface area contributed by atoms with Crippen molar-refractivity contribution in [1.29, 1.82) is 0 Å². The minimum absolute atomic E-state index is 0.0623. The normalized spacial score (nSPS) is 9.12. The first-order chi connectivity index (χ1) is 8.29. The molecule has 0 amide bonds. The van der Waals surface area contributed by atoms with Crippen molar-refractivity contribution in [3.63, 3.8) is 0 Å². The van der Waals surface area contributed by atoms with Gasteiger partial charge in [-0.05, 0) is 24.3 Å². The molecule has 2 rings (SSSR count). The number of methoxy groups -OCH3 is 1. The zero-order chi connectivity index (χ0) is 12.7. The van der Waals surface area contributed by atoms with Crippen LogP contribution in [-0.2, 0) is 0 Å². The SMILES string of the molecule is CC.COc1ccc(-c2ncc(O)cn2)cc1. The summed E-state index contributed by atoms with van der Waals surface area (Å²) < 4.78 is 5.04. The van der Waals surface area contributed by atoms with Crippen LogP contribution in [0.2, 0.25) is 0 Å². The maximum Gasteiger partial charge on any atom is 0.159 e. The van der Waals surface area contributed by atoms with Gasteiger partial charge in [-0.1, -0.05) is 13.8 Å². The molecule has 17 heavy (non-hydrogen) atoms. The minimum Gasteiger partial charge on any atom is -0.505 e. The monoisotopic (exact) mass is 232 g/mol. The lowest BCUT2D eigenvalue weighted by Crippen LogP contribution is -1.88. The Balaban J connectivity index is 0.000000686. The van der Waals surface area contributed by atoms with Crippen LogP contribution in [-0.4, -0.2) is 22.2 Å². The van der Waals surface area contributed by atoms with Gasteiger partial charge in [-0.2, -0.15) is 0 Å². The molecule has 0 aliphatic heterocycles. The van der Waals surface area contributed by atoms with Crippen molar-refractivity contribution in [2.45, 2.75) is 13.8 Å². The molecule has 0 atom stereocenters. The number of nitrogens with zero attached hydrogens (tertiary/aromatic N) is 2. The highest BCUT2D eigenvalue weighted by Crippen LogP contribution is 2.19.